The fraction of sp³-hybridized carbons (Fsp3) is 0.333. The largest absolute Gasteiger partial charge is 0.489 e. The van der Waals surface area contributed by atoms with E-state index in [4.69, 9.17) is 25.0 Å². The van der Waals surface area contributed by atoms with Crippen LogP contribution in [0.4, 0.5) is 0 Å². The molecule has 1 aliphatic rings. The number of hydrogen-bond donors (Lipinski definition) is 3. The zero-order valence-corrected chi connectivity index (χ0v) is 20.0. The molecule has 1 fully saturated rings. The monoisotopic (exact) mass is 493 g/mol. The van der Waals surface area contributed by atoms with E-state index >= 15 is 0 Å². The zero-order chi connectivity index (χ0) is 21.8. The van der Waals surface area contributed by atoms with Gasteiger partial charge in [-0.05, 0) is 43.7 Å². The van der Waals surface area contributed by atoms with E-state index in [1.807, 2.05) is 36.4 Å². The molecule has 1 aliphatic heterocycles. The molecule has 0 saturated carbocycles. The van der Waals surface area contributed by atoms with Crippen LogP contribution in [0.15, 0.2) is 53.1 Å². The molecule has 2 heterocycles. The number of fused-ring (bicyclic) bond motifs is 1. The van der Waals surface area contributed by atoms with Gasteiger partial charge in [0.05, 0.1) is 25.2 Å². The quantitative estimate of drug-likeness (QED) is 0.244. The standard InChI is InChI=1S/C24H27N3O4.2ClH/c1-2-29-22(28)12-21(15-3-6-18(7-4-15)31-19-9-10-27-13-19)23-20-8-5-16(24(25)26)11-17(20)14-30-23;;/h3-8,11,14,19,21,27H,2,9-10,12-13H2,1H3,(H3,25,26);2*1H/t19-,21?;;/m0../s1. The Morgan fingerprint density at radius 2 is 2.00 bits per heavy atom. The van der Waals surface area contributed by atoms with Gasteiger partial charge in [0.2, 0.25) is 0 Å². The average Bonchev–Trinajstić information content (AvgIpc) is 3.42. The van der Waals surface area contributed by atoms with Crippen molar-refractivity contribution >= 4 is 47.4 Å². The van der Waals surface area contributed by atoms with Gasteiger partial charge in [-0.25, -0.2) is 0 Å². The lowest BCUT2D eigenvalue weighted by Gasteiger charge is -2.17. The zero-order valence-electron chi connectivity index (χ0n) is 18.3. The summed E-state index contributed by atoms with van der Waals surface area (Å²) in [5.41, 5.74) is 7.18. The molecule has 0 amide bonds. The fourth-order valence-electron chi connectivity index (χ4n) is 3.96. The molecular formula is C24H29Cl2N3O4. The van der Waals surface area contributed by atoms with Gasteiger partial charge in [0, 0.05) is 22.9 Å². The molecule has 33 heavy (non-hydrogen) atoms. The number of hydrogen-bond acceptors (Lipinski definition) is 6. The van der Waals surface area contributed by atoms with E-state index in [2.05, 4.69) is 5.32 Å². The highest BCUT2D eigenvalue weighted by molar-refractivity contribution is 5.99. The number of nitrogens with two attached hydrogens (primary N) is 1. The second kappa shape index (κ2) is 11.9. The van der Waals surface area contributed by atoms with Crippen LogP contribution in [0.3, 0.4) is 0 Å². The topological polar surface area (TPSA) is 111 Å². The average molecular weight is 494 g/mol. The molecule has 2 atom stereocenters. The first-order valence-electron chi connectivity index (χ1n) is 10.5. The number of carbonyl (C=O) groups excluding carboxylic acids is 1. The van der Waals surface area contributed by atoms with Crippen molar-refractivity contribution in [2.24, 2.45) is 5.73 Å². The lowest BCUT2D eigenvalue weighted by molar-refractivity contribution is -0.143. The molecule has 2 aromatic carbocycles. The Balaban J connectivity index is 0.00000193. The number of furan rings is 1. The minimum absolute atomic E-state index is 0. The Morgan fingerprint density at radius 1 is 1.24 bits per heavy atom. The second-order valence-electron chi connectivity index (χ2n) is 7.68. The third kappa shape index (κ3) is 6.19. The molecular weight excluding hydrogens is 465 g/mol. The molecule has 1 saturated heterocycles. The Morgan fingerprint density at radius 3 is 2.64 bits per heavy atom. The summed E-state index contributed by atoms with van der Waals surface area (Å²) in [6, 6.07) is 13.3. The first-order valence-corrected chi connectivity index (χ1v) is 10.5. The van der Waals surface area contributed by atoms with Crippen molar-refractivity contribution in [2.45, 2.75) is 31.8 Å². The molecule has 4 N–H and O–H groups in total. The van der Waals surface area contributed by atoms with Crippen molar-refractivity contribution in [3.8, 4) is 5.75 Å². The predicted molar refractivity (Wildman–Crippen MR) is 133 cm³/mol. The number of rotatable bonds is 8. The summed E-state index contributed by atoms with van der Waals surface area (Å²) in [6.07, 6.45) is 2.98. The number of esters is 1. The van der Waals surface area contributed by atoms with Gasteiger partial charge < -0.3 is 24.9 Å². The highest BCUT2D eigenvalue weighted by Gasteiger charge is 2.25. The number of nitrogen functional groups attached to an aromatic ring is 1. The van der Waals surface area contributed by atoms with Crippen LogP contribution in [-0.4, -0.2) is 37.6 Å². The summed E-state index contributed by atoms with van der Waals surface area (Å²) in [5, 5.41) is 12.7. The molecule has 0 aliphatic carbocycles. The molecule has 1 unspecified atom stereocenters. The van der Waals surface area contributed by atoms with Crippen molar-refractivity contribution in [1.29, 1.82) is 5.41 Å². The first kappa shape index (κ1) is 26.5. The SMILES string of the molecule is CCOC(=O)CC(c1ccc(O[C@H]2CCNC2)cc1)c1occ2cc(C(=N)N)ccc12.Cl.Cl. The summed E-state index contributed by atoms with van der Waals surface area (Å²) >= 11 is 0. The van der Waals surface area contributed by atoms with Crippen molar-refractivity contribution in [1.82, 2.24) is 5.32 Å². The maximum Gasteiger partial charge on any atom is 0.306 e. The number of nitrogens with one attached hydrogen (secondary N) is 2. The Bertz CT molecular complexity index is 1080. The summed E-state index contributed by atoms with van der Waals surface area (Å²) in [5.74, 6) is 0.909. The van der Waals surface area contributed by atoms with Gasteiger partial charge >= 0.3 is 5.97 Å². The molecule has 0 bridgehead atoms. The van der Waals surface area contributed by atoms with Crippen molar-refractivity contribution in [3.63, 3.8) is 0 Å². The van der Waals surface area contributed by atoms with Crippen molar-refractivity contribution in [2.75, 3.05) is 19.7 Å². The van der Waals surface area contributed by atoms with E-state index in [0.717, 1.165) is 41.6 Å². The minimum Gasteiger partial charge on any atom is -0.489 e. The van der Waals surface area contributed by atoms with Crippen molar-refractivity contribution in [3.05, 3.63) is 65.6 Å². The predicted octanol–water partition coefficient (Wildman–Crippen LogP) is 4.39. The Hall–Kier alpha value is -2.74. The molecule has 7 nitrogen and oxygen atoms in total. The third-order valence-corrected chi connectivity index (χ3v) is 5.53. The lowest BCUT2D eigenvalue weighted by Crippen LogP contribution is -2.19. The summed E-state index contributed by atoms with van der Waals surface area (Å²) in [7, 11) is 0. The van der Waals surface area contributed by atoms with Gasteiger partial charge in [0.25, 0.3) is 0 Å². The van der Waals surface area contributed by atoms with Crippen LogP contribution in [0.1, 0.15) is 42.6 Å². The summed E-state index contributed by atoms with van der Waals surface area (Å²) in [4.78, 5) is 12.4. The third-order valence-electron chi connectivity index (χ3n) is 5.53. The Labute approximate surface area is 205 Å². The molecule has 4 rings (SSSR count). The van der Waals surface area contributed by atoms with Gasteiger partial charge in [-0.2, -0.15) is 0 Å². The minimum atomic E-state index is -0.304. The number of benzene rings is 2. The van der Waals surface area contributed by atoms with Crippen LogP contribution in [0, 0.1) is 5.41 Å². The molecule has 9 heteroatoms. The highest BCUT2D eigenvalue weighted by Crippen LogP contribution is 2.36. The number of halogens is 2. The normalized spacial score (nSPS) is 15.8. The Kier molecular flexibility index (Phi) is 9.58. The molecule has 3 aromatic rings. The van der Waals surface area contributed by atoms with E-state index in [-0.39, 0.29) is 55.1 Å². The van der Waals surface area contributed by atoms with Gasteiger partial charge in [0.15, 0.2) is 0 Å². The number of amidine groups is 1. The van der Waals surface area contributed by atoms with E-state index in [1.165, 1.54) is 0 Å². The second-order valence-corrected chi connectivity index (χ2v) is 7.68. The smallest absolute Gasteiger partial charge is 0.306 e. The van der Waals surface area contributed by atoms with E-state index in [0.29, 0.717) is 17.9 Å². The van der Waals surface area contributed by atoms with E-state index in [1.54, 1.807) is 19.3 Å². The van der Waals surface area contributed by atoms with Crippen LogP contribution in [-0.2, 0) is 9.53 Å². The summed E-state index contributed by atoms with van der Waals surface area (Å²) in [6.45, 7) is 3.95. The van der Waals surface area contributed by atoms with Gasteiger partial charge in [-0.1, -0.05) is 24.3 Å². The molecule has 178 valence electrons. The fourth-order valence-corrected chi connectivity index (χ4v) is 3.96. The van der Waals surface area contributed by atoms with Crippen LogP contribution >= 0.6 is 24.8 Å². The maximum absolute atomic E-state index is 12.4. The lowest BCUT2D eigenvalue weighted by atomic mass is 9.91. The van der Waals surface area contributed by atoms with E-state index < -0.39 is 0 Å². The van der Waals surface area contributed by atoms with Crippen LogP contribution < -0.4 is 15.8 Å². The first-order chi connectivity index (χ1) is 15.0. The molecule has 1 aromatic heterocycles. The van der Waals surface area contributed by atoms with Gasteiger partial charge in [-0.3, -0.25) is 10.2 Å². The highest BCUT2D eigenvalue weighted by atomic mass is 35.5. The van der Waals surface area contributed by atoms with E-state index in [9.17, 15) is 4.79 Å². The van der Waals surface area contributed by atoms with Crippen LogP contribution in [0.2, 0.25) is 0 Å². The van der Waals surface area contributed by atoms with Crippen LogP contribution in [0.25, 0.3) is 10.8 Å². The molecule has 0 spiro atoms. The summed E-state index contributed by atoms with van der Waals surface area (Å²) < 4.78 is 17.2. The maximum atomic E-state index is 12.4. The number of ether oxygens (including phenoxy) is 2. The molecule has 0 radical (unpaired) electrons. The van der Waals surface area contributed by atoms with Gasteiger partial charge in [0.1, 0.15) is 23.4 Å². The van der Waals surface area contributed by atoms with Crippen LogP contribution in [0.5, 0.6) is 5.75 Å². The van der Waals surface area contributed by atoms with Crippen molar-refractivity contribution < 1.29 is 18.7 Å². The van der Waals surface area contributed by atoms with Gasteiger partial charge in [-0.15, -0.1) is 24.8 Å². The number of carbonyl (C=O) groups is 1.